The number of ether oxygens (including phenoxy) is 2. The summed E-state index contributed by atoms with van der Waals surface area (Å²) in [6.45, 7) is 0.258. The number of nitrogens with one attached hydrogen (secondary N) is 1. The Kier molecular flexibility index (Phi) is 7.58. The van der Waals surface area contributed by atoms with Crippen LogP contribution < -0.4 is 14.9 Å². The lowest BCUT2D eigenvalue weighted by Gasteiger charge is -2.22. The van der Waals surface area contributed by atoms with Crippen LogP contribution in [0.15, 0.2) is 50.9 Å². The van der Waals surface area contributed by atoms with Crippen LogP contribution in [-0.2, 0) is 14.8 Å². The fourth-order valence-corrected chi connectivity index (χ4v) is 5.45. The van der Waals surface area contributed by atoms with E-state index in [1.54, 1.807) is 12.1 Å². The second kappa shape index (κ2) is 9.99. The zero-order chi connectivity index (χ0) is 22.6. The number of carbonyl (C=O) groups excluding carboxylic acids is 1. The van der Waals surface area contributed by atoms with Gasteiger partial charge in [0.15, 0.2) is 11.5 Å². The van der Waals surface area contributed by atoms with Crippen LogP contribution in [0.3, 0.4) is 0 Å². The van der Waals surface area contributed by atoms with Crippen molar-refractivity contribution in [2.45, 2.75) is 23.8 Å². The number of nitrogens with zero attached hydrogens (tertiary/aromatic N) is 2. The smallest absolute Gasteiger partial charge is 0.258 e. The van der Waals surface area contributed by atoms with E-state index in [0.717, 1.165) is 0 Å². The Hall–Kier alpha value is -2.14. The Labute approximate surface area is 194 Å². The van der Waals surface area contributed by atoms with Crippen molar-refractivity contribution in [3.8, 4) is 11.5 Å². The molecule has 0 saturated carbocycles. The maximum Gasteiger partial charge on any atom is 0.258 e. The Morgan fingerprint density at radius 1 is 1.23 bits per heavy atom. The van der Waals surface area contributed by atoms with Gasteiger partial charge >= 0.3 is 0 Å². The fraction of sp³-hybridized carbons (Fsp3) is 0.300. The highest BCUT2D eigenvalue weighted by molar-refractivity contribution is 9.10. The number of hydrazone groups is 1. The second-order valence-corrected chi connectivity index (χ2v) is 9.87. The molecule has 11 heteroatoms. The van der Waals surface area contributed by atoms with Crippen LogP contribution in [0.4, 0.5) is 0 Å². The molecule has 1 N–H and O–H groups in total. The minimum Gasteiger partial charge on any atom is -0.493 e. The van der Waals surface area contributed by atoms with Gasteiger partial charge in [-0.3, -0.25) is 4.79 Å². The normalized spacial score (nSPS) is 17.1. The Morgan fingerprint density at radius 3 is 2.52 bits per heavy atom. The third-order valence-corrected chi connectivity index (χ3v) is 7.67. The van der Waals surface area contributed by atoms with Gasteiger partial charge in [0.1, 0.15) is 6.04 Å². The molecule has 8 nitrogen and oxygen atoms in total. The molecule has 1 aliphatic heterocycles. The summed E-state index contributed by atoms with van der Waals surface area (Å²) in [6.07, 6.45) is 2.43. The van der Waals surface area contributed by atoms with Crippen LogP contribution in [-0.4, -0.2) is 51.7 Å². The van der Waals surface area contributed by atoms with E-state index in [-0.39, 0.29) is 11.4 Å². The van der Waals surface area contributed by atoms with Crippen molar-refractivity contribution in [1.29, 1.82) is 0 Å². The van der Waals surface area contributed by atoms with E-state index in [4.69, 9.17) is 21.1 Å². The highest BCUT2D eigenvalue weighted by Gasteiger charge is 2.39. The average molecular weight is 531 g/mol. The van der Waals surface area contributed by atoms with Gasteiger partial charge in [-0.1, -0.05) is 11.6 Å². The quantitative estimate of drug-likeness (QED) is 0.437. The van der Waals surface area contributed by atoms with Gasteiger partial charge in [-0.2, -0.15) is 9.41 Å². The second-order valence-electron chi connectivity index (χ2n) is 6.69. The lowest BCUT2D eigenvalue weighted by atomic mass is 10.2. The third-order valence-electron chi connectivity index (χ3n) is 4.81. The largest absolute Gasteiger partial charge is 0.493 e. The molecule has 31 heavy (non-hydrogen) atoms. The summed E-state index contributed by atoms with van der Waals surface area (Å²) in [7, 11) is -0.777. The number of halogens is 2. The van der Waals surface area contributed by atoms with Crippen molar-refractivity contribution in [1.82, 2.24) is 9.73 Å². The van der Waals surface area contributed by atoms with Crippen LogP contribution in [0.2, 0.25) is 5.02 Å². The lowest BCUT2D eigenvalue weighted by Crippen LogP contribution is -2.44. The van der Waals surface area contributed by atoms with Crippen molar-refractivity contribution < 1.29 is 22.7 Å². The Balaban J connectivity index is 1.73. The first-order valence-corrected chi connectivity index (χ1v) is 11.9. The Bertz CT molecular complexity index is 1090. The topological polar surface area (TPSA) is 97.3 Å². The summed E-state index contributed by atoms with van der Waals surface area (Å²) < 4.78 is 38.3. The standard InChI is InChI=1S/C20H21BrClN3O5S/c1-29-18-10-13(16(21)11-19(18)30-2)12-23-24-20(26)17-4-3-9-25(17)31(27,28)15-7-5-14(22)6-8-15/h5-8,10-12,17H,3-4,9H2,1-2H3,(H,24,26)/t17-/m0/s1. The molecule has 0 aromatic heterocycles. The highest BCUT2D eigenvalue weighted by atomic mass is 79.9. The SMILES string of the molecule is COc1cc(Br)c(C=NNC(=O)[C@@H]2CCCN2S(=O)(=O)c2ccc(Cl)cc2)cc1OC. The van der Waals surface area contributed by atoms with Crippen molar-refractivity contribution in [2.75, 3.05) is 20.8 Å². The zero-order valence-electron chi connectivity index (χ0n) is 16.8. The molecule has 2 aromatic carbocycles. The summed E-state index contributed by atoms with van der Waals surface area (Å²) in [4.78, 5) is 12.8. The lowest BCUT2D eigenvalue weighted by molar-refractivity contribution is -0.124. The number of benzene rings is 2. The van der Waals surface area contributed by atoms with E-state index < -0.39 is 22.0 Å². The van der Waals surface area contributed by atoms with Gasteiger partial charge in [-0.05, 0) is 65.2 Å². The van der Waals surface area contributed by atoms with E-state index in [1.807, 2.05) is 0 Å². The van der Waals surface area contributed by atoms with Crippen molar-refractivity contribution in [3.05, 3.63) is 51.5 Å². The predicted molar refractivity (Wildman–Crippen MR) is 121 cm³/mol. The number of rotatable bonds is 7. The summed E-state index contributed by atoms with van der Waals surface area (Å²) in [5, 5.41) is 4.42. The highest BCUT2D eigenvalue weighted by Crippen LogP contribution is 2.32. The maximum atomic E-state index is 13.0. The van der Waals surface area contributed by atoms with Gasteiger partial charge in [0.2, 0.25) is 10.0 Å². The van der Waals surface area contributed by atoms with Crippen molar-refractivity contribution in [3.63, 3.8) is 0 Å². The van der Waals surface area contributed by atoms with E-state index in [0.29, 0.717) is 39.4 Å². The maximum absolute atomic E-state index is 13.0. The molecule has 1 aliphatic rings. The average Bonchev–Trinajstić information content (AvgIpc) is 3.26. The number of amides is 1. The van der Waals surface area contributed by atoms with Gasteiger partial charge in [0.25, 0.3) is 5.91 Å². The fourth-order valence-electron chi connectivity index (χ4n) is 3.24. The van der Waals surface area contributed by atoms with Gasteiger partial charge in [0, 0.05) is 21.6 Å². The zero-order valence-corrected chi connectivity index (χ0v) is 20.0. The molecule has 0 unspecified atom stereocenters. The minimum absolute atomic E-state index is 0.0920. The molecule has 0 spiro atoms. The number of hydrogen-bond acceptors (Lipinski definition) is 6. The van der Waals surface area contributed by atoms with Gasteiger partial charge < -0.3 is 9.47 Å². The van der Waals surface area contributed by atoms with Crippen LogP contribution in [0.5, 0.6) is 11.5 Å². The first-order valence-electron chi connectivity index (χ1n) is 9.29. The Morgan fingerprint density at radius 2 is 1.87 bits per heavy atom. The number of sulfonamides is 1. The summed E-state index contributed by atoms with van der Waals surface area (Å²) >= 11 is 9.26. The molecule has 0 aliphatic carbocycles. The van der Waals surface area contributed by atoms with E-state index in [2.05, 4.69) is 26.5 Å². The van der Waals surface area contributed by atoms with E-state index >= 15 is 0 Å². The van der Waals surface area contributed by atoms with Crippen LogP contribution in [0, 0.1) is 0 Å². The molecule has 1 amide bonds. The molecule has 1 atom stereocenters. The number of carbonyl (C=O) groups is 1. The molecule has 1 heterocycles. The molecule has 1 saturated heterocycles. The molecule has 1 fully saturated rings. The first-order chi connectivity index (χ1) is 14.8. The van der Waals surface area contributed by atoms with Gasteiger partial charge in [0.05, 0.1) is 25.3 Å². The molecular formula is C20H21BrClN3O5S. The van der Waals surface area contributed by atoms with Crippen molar-refractivity contribution >= 4 is 49.7 Å². The first kappa shape index (κ1) is 23.5. The number of hydrogen-bond donors (Lipinski definition) is 1. The monoisotopic (exact) mass is 529 g/mol. The summed E-state index contributed by atoms with van der Waals surface area (Å²) in [6, 6.07) is 8.45. The number of methoxy groups -OCH3 is 2. The van der Waals surface area contributed by atoms with Crippen LogP contribution in [0.1, 0.15) is 18.4 Å². The van der Waals surface area contributed by atoms with Crippen molar-refractivity contribution in [2.24, 2.45) is 5.10 Å². The molecule has 0 radical (unpaired) electrons. The van der Waals surface area contributed by atoms with Gasteiger partial charge in [-0.15, -0.1) is 0 Å². The molecule has 0 bridgehead atoms. The summed E-state index contributed by atoms with van der Waals surface area (Å²) in [5.74, 6) is 0.557. The molecule has 166 valence electrons. The van der Waals surface area contributed by atoms with E-state index in [1.165, 1.54) is 49.0 Å². The predicted octanol–water partition coefficient (Wildman–Crippen LogP) is 3.42. The summed E-state index contributed by atoms with van der Waals surface area (Å²) in [5.41, 5.74) is 3.09. The minimum atomic E-state index is -3.83. The third kappa shape index (κ3) is 5.20. The molecule has 2 aromatic rings. The van der Waals surface area contributed by atoms with Gasteiger partial charge in [-0.25, -0.2) is 13.8 Å². The van der Waals surface area contributed by atoms with Crippen LogP contribution in [0.25, 0.3) is 0 Å². The molecule has 3 rings (SSSR count). The van der Waals surface area contributed by atoms with E-state index in [9.17, 15) is 13.2 Å². The van der Waals surface area contributed by atoms with Crippen LogP contribution >= 0.6 is 27.5 Å². The molecular weight excluding hydrogens is 510 g/mol.